The molecule has 0 radical (unpaired) electrons. The molecule has 1 unspecified atom stereocenters. The highest BCUT2D eigenvalue weighted by molar-refractivity contribution is 7.99. The van der Waals surface area contributed by atoms with E-state index in [0.717, 1.165) is 12.2 Å². The number of ether oxygens (including phenoxy) is 2. The first-order valence-electron chi connectivity index (χ1n) is 8.16. The fourth-order valence-corrected chi connectivity index (χ4v) is 3.52. The molecule has 1 aliphatic heterocycles. The third-order valence-corrected chi connectivity index (χ3v) is 4.91. The number of aromatic nitrogens is 2. The smallest absolute Gasteiger partial charge is 0.235 e. The van der Waals surface area contributed by atoms with Crippen molar-refractivity contribution < 1.29 is 14.3 Å². The first kappa shape index (κ1) is 17.5. The molecule has 1 fully saturated rings. The van der Waals surface area contributed by atoms with Gasteiger partial charge in [-0.15, -0.1) is 11.8 Å². The minimum absolute atomic E-state index is 0.0514. The van der Waals surface area contributed by atoms with E-state index in [1.165, 1.54) is 18.9 Å². The zero-order valence-electron chi connectivity index (χ0n) is 14.1. The summed E-state index contributed by atoms with van der Waals surface area (Å²) < 4.78 is 10.9. The predicted molar refractivity (Wildman–Crippen MR) is 96.8 cm³/mol. The van der Waals surface area contributed by atoms with Crippen LogP contribution in [-0.2, 0) is 10.5 Å². The summed E-state index contributed by atoms with van der Waals surface area (Å²) >= 11 is 1.64. The number of methoxy groups -OCH3 is 1. The number of amides is 1. The normalized spacial score (nSPS) is 16.7. The molecule has 3 rings (SSSR count). The van der Waals surface area contributed by atoms with Crippen LogP contribution in [0.25, 0.3) is 0 Å². The van der Waals surface area contributed by atoms with Crippen LogP contribution in [0.5, 0.6) is 11.8 Å². The summed E-state index contributed by atoms with van der Waals surface area (Å²) in [6.07, 6.45) is 3.84. The van der Waals surface area contributed by atoms with Gasteiger partial charge in [0.25, 0.3) is 0 Å². The highest BCUT2D eigenvalue weighted by Crippen LogP contribution is 2.19. The molecule has 1 aliphatic rings. The second-order valence-electron chi connectivity index (χ2n) is 5.75. The van der Waals surface area contributed by atoms with Crippen molar-refractivity contribution in [1.29, 1.82) is 0 Å². The Labute approximate surface area is 151 Å². The summed E-state index contributed by atoms with van der Waals surface area (Å²) in [5.74, 6) is 2.34. The molecule has 25 heavy (non-hydrogen) atoms. The quantitative estimate of drug-likeness (QED) is 0.756. The first-order chi connectivity index (χ1) is 12.2. The van der Waals surface area contributed by atoms with Crippen LogP contribution >= 0.6 is 11.8 Å². The van der Waals surface area contributed by atoms with Gasteiger partial charge in [0.1, 0.15) is 6.10 Å². The monoisotopic (exact) mass is 359 g/mol. The summed E-state index contributed by atoms with van der Waals surface area (Å²) in [4.78, 5) is 22.4. The van der Waals surface area contributed by atoms with Crippen LogP contribution in [-0.4, -0.2) is 52.8 Å². The van der Waals surface area contributed by atoms with E-state index in [0.29, 0.717) is 30.6 Å². The number of rotatable bonds is 7. The minimum Gasteiger partial charge on any atom is -0.480 e. The highest BCUT2D eigenvalue weighted by atomic mass is 32.2. The molecular formula is C18H21N3O3S. The van der Waals surface area contributed by atoms with E-state index < -0.39 is 0 Å². The molecule has 1 atom stereocenters. The van der Waals surface area contributed by atoms with E-state index >= 15 is 0 Å². The number of hydrogen-bond donors (Lipinski definition) is 0. The molecule has 6 nitrogen and oxygen atoms in total. The van der Waals surface area contributed by atoms with Gasteiger partial charge in [-0.2, -0.15) is 4.98 Å². The zero-order chi connectivity index (χ0) is 17.5. The fraction of sp³-hybridized carbons (Fsp3) is 0.389. The number of carbonyl (C=O) groups excluding carboxylic acids is 1. The Morgan fingerprint density at radius 3 is 2.88 bits per heavy atom. The molecule has 1 saturated heterocycles. The van der Waals surface area contributed by atoms with E-state index in [-0.39, 0.29) is 12.0 Å². The Morgan fingerprint density at radius 2 is 2.08 bits per heavy atom. The van der Waals surface area contributed by atoms with Crippen molar-refractivity contribution in [2.75, 3.05) is 26.0 Å². The molecule has 0 bridgehead atoms. The van der Waals surface area contributed by atoms with E-state index in [1.807, 2.05) is 23.1 Å². The van der Waals surface area contributed by atoms with Gasteiger partial charge in [-0.1, -0.05) is 30.3 Å². The molecule has 7 heteroatoms. The van der Waals surface area contributed by atoms with Crippen LogP contribution in [0.15, 0.2) is 42.7 Å². The standard InChI is InChI=1S/C18H21N3O3S/c1-23-16-9-19-10-17(20-16)24-15-7-8-21(11-15)18(22)13-25-12-14-5-3-2-4-6-14/h2-6,9-10,15H,7-8,11-13H2,1H3. The van der Waals surface area contributed by atoms with Gasteiger partial charge in [-0.25, -0.2) is 0 Å². The van der Waals surface area contributed by atoms with Crippen molar-refractivity contribution >= 4 is 17.7 Å². The van der Waals surface area contributed by atoms with Crippen molar-refractivity contribution in [1.82, 2.24) is 14.9 Å². The summed E-state index contributed by atoms with van der Waals surface area (Å²) in [6.45, 7) is 1.30. The maximum Gasteiger partial charge on any atom is 0.235 e. The molecule has 1 aromatic carbocycles. The van der Waals surface area contributed by atoms with Gasteiger partial charge in [-0.3, -0.25) is 9.78 Å². The van der Waals surface area contributed by atoms with Crippen LogP contribution in [0.4, 0.5) is 0 Å². The number of carbonyl (C=O) groups is 1. The van der Waals surface area contributed by atoms with Gasteiger partial charge in [0.05, 0.1) is 31.8 Å². The molecule has 2 aromatic rings. The van der Waals surface area contributed by atoms with Gasteiger partial charge < -0.3 is 14.4 Å². The minimum atomic E-state index is -0.0514. The number of thioether (sulfide) groups is 1. The average Bonchev–Trinajstić information content (AvgIpc) is 3.11. The molecule has 0 saturated carbocycles. The average molecular weight is 359 g/mol. The third kappa shape index (κ3) is 5.09. The molecule has 2 heterocycles. The van der Waals surface area contributed by atoms with Crippen LogP contribution < -0.4 is 9.47 Å². The molecule has 1 amide bonds. The van der Waals surface area contributed by atoms with Gasteiger partial charge in [0.15, 0.2) is 0 Å². The molecule has 0 spiro atoms. The van der Waals surface area contributed by atoms with Crippen molar-refractivity contribution in [2.45, 2.75) is 18.3 Å². The van der Waals surface area contributed by atoms with E-state index in [4.69, 9.17) is 9.47 Å². The maximum atomic E-state index is 12.3. The summed E-state index contributed by atoms with van der Waals surface area (Å²) in [5.41, 5.74) is 1.24. The largest absolute Gasteiger partial charge is 0.480 e. The van der Waals surface area contributed by atoms with Crippen LogP contribution in [0.1, 0.15) is 12.0 Å². The molecular weight excluding hydrogens is 338 g/mol. The Morgan fingerprint density at radius 1 is 1.28 bits per heavy atom. The second kappa shape index (κ2) is 8.71. The van der Waals surface area contributed by atoms with Crippen molar-refractivity contribution in [3.8, 4) is 11.8 Å². The Bertz CT molecular complexity index is 699. The van der Waals surface area contributed by atoms with Gasteiger partial charge in [-0.05, 0) is 5.56 Å². The lowest BCUT2D eigenvalue weighted by Crippen LogP contribution is -2.32. The van der Waals surface area contributed by atoms with Crippen LogP contribution in [0, 0.1) is 0 Å². The van der Waals surface area contributed by atoms with Crippen molar-refractivity contribution in [2.24, 2.45) is 0 Å². The predicted octanol–water partition coefficient (Wildman–Crippen LogP) is 2.40. The first-order valence-corrected chi connectivity index (χ1v) is 9.32. The fourth-order valence-electron chi connectivity index (χ4n) is 2.63. The van der Waals surface area contributed by atoms with Crippen LogP contribution in [0.2, 0.25) is 0 Å². The maximum absolute atomic E-state index is 12.3. The lowest BCUT2D eigenvalue weighted by Gasteiger charge is -2.17. The van der Waals surface area contributed by atoms with Crippen molar-refractivity contribution in [3.63, 3.8) is 0 Å². The van der Waals surface area contributed by atoms with Crippen LogP contribution in [0.3, 0.4) is 0 Å². The highest BCUT2D eigenvalue weighted by Gasteiger charge is 2.27. The Kier molecular flexibility index (Phi) is 6.11. The number of likely N-dealkylation sites (tertiary alicyclic amines) is 1. The Balaban J connectivity index is 1.43. The lowest BCUT2D eigenvalue weighted by molar-refractivity contribution is -0.127. The van der Waals surface area contributed by atoms with E-state index in [9.17, 15) is 4.79 Å². The molecule has 0 N–H and O–H groups in total. The molecule has 132 valence electrons. The van der Waals surface area contributed by atoms with Gasteiger partial charge in [0.2, 0.25) is 17.7 Å². The third-order valence-electron chi connectivity index (χ3n) is 3.92. The molecule has 1 aromatic heterocycles. The van der Waals surface area contributed by atoms with E-state index in [1.54, 1.807) is 18.0 Å². The van der Waals surface area contributed by atoms with Crippen molar-refractivity contribution in [3.05, 3.63) is 48.3 Å². The van der Waals surface area contributed by atoms with Gasteiger partial charge >= 0.3 is 0 Å². The summed E-state index contributed by atoms with van der Waals surface area (Å²) in [5, 5.41) is 0. The van der Waals surface area contributed by atoms with Gasteiger partial charge in [0, 0.05) is 18.7 Å². The summed E-state index contributed by atoms with van der Waals surface area (Å²) in [7, 11) is 1.54. The number of hydrogen-bond acceptors (Lipinski definition) is 6. The summed E-state index contributed by atoms with van der Waals surface area (Å²) in [6, 6.07) is 10.2. The number of benzene rings is 1. The SMILES string of the molecule is COc1cncc(OC2CCN(C(=O)CSCc3ccccc3)C2)n1. The number of nitrogens with zero attached hydrogens (tertiary/aromatic N) is 3. The molecule has 0 aliphatic carbocycles. The Hall–Kier alpha value is -2.28. The second-order valence-corrected chi connectivity index (χ2v) is 6.73. The van der Waals surface area contributed by atoms with E-state index in [2.05, 4.69) is 22.1 Å². The lowest BCUT2D eigenvalue weighted by atomic mass is 10.2. The topological polar surface area (TPSA) is 64.6 Å². The zero-order valence-corrected chi connectivity index (χ0v) is 14.9.